The van der Waals surface area contributed by atoms with Crippen molar-refractivity contribution in [1.29, 1.82) is 0 Å². The van der Waals surface area contributed by atoms with Crippen LogP contribution in [0, 0.1) is 5.92 Å². The fourth-order valence-electron chi connectivity index (χ4n) is 2.48. The summed E-state index contributed by atoms with van der Waals surface area (Å²) in [5.74, 6) is 0.481. The van der Waals surface area contributed by atoms with Crippen LogP contribution in [0.15, 0.2) is 35.9 Å². The summed E-state index contributed by atoms with van der Waals surface area (Å²) in [5.41, 5.74) is 2.64. The number of rotatable bonds is 1. The highest BCUT2D eigenvalue weighted by Crippen LogP contribution is 2.35. The molecule has 2 aliphatic rings. The van der Waals surface area contributed by atoms with Gasteiger partial charge >= 0.3 is 0 Å². The van der Waals surface area contributed by atoms with E-state index in [9.17, 15) is 0 Å². The van der Waals surface area contributed by atoms with Crippen LogP contribution in [0.5, 0.6) is 0 Å². The quantitative estimate of drug-likeness (QED) is 0.718. The Bertz CT molecular complexity index is 383. The first-order valence-electron chi connectivity index (χ1n) is 5.92. The molecule has 2 atom stereocenters. The predicted molar refractivity (Wildman–Crippen MR) is 62.8 cm³/mol. The van der Waals surface area contributed by atoms with Crippen LogP contribution in [0.25, 0.3) is 6.08 Å². The summed E-state index contributed by atoms with van der Waals surface area (Å²) < 4.78 is 11.3. The molecule has 1 aromatic rings. The molecule has 0 amide bonds. The first-order chi connectivity index (χ1) is 7.93. The van der Waals surface area contributed by atoms with Crippen molar-refractivity contribution in [3.05, 3.63) is 41.5 Å². The molecule has 2 saturated heterocycles. The van der Waals surface area contributed by atoms with Gasteiger partial charge in [0.1, 0.15) is 0 Å². The minimum absolute atomic E-state index is 0.0173. The summed E-state index contributed by atoms with van der Waals surface area (Å²) >= 11 is 0. The highest BCUT2D eigenvalue weighted by molar-refractivity contribution is 5.54. The van der Waals surface area contributed by atoms with Crippen LogP contribution in [-0.4, -0.2) is 19.5 Å². The van der Waals surface area contributed by atoms with Gasteiger partial charge in [0.25, 0.3) is 0 Å². The van der Waals surface area contributed by atoms with Crippen LogP contribution < -0.4 is 0 Å². The van der Waals surface area contributed by atoms with Crippen molar-refractivity contribution in [2.75, 3.05) is 13.2 Å². The Hall–Kier alpha value is -1.12. The zero-order chi connectivity index (χ0) is 10.8. The topological polar surface area (TPSA) is 18.5 Å². The number of fused-ring (bicyclic) bond motifs is 1. The van der Waals surface area contributed by atoms with Gasteiger partial charge in [0.2, 0.25) is 0 Å². The van der Waals surface area contributed by atoms with E-state index >= 15 is 0 Å². The van der Waals surface area contributed by atoms with E-state index in [0.29, 0.717) is 5.92 Å². The van der Waals surface area contributed by atoms with Gasteiger partial charge in [-0.2, -0.15) is 0 Å². The third-order valence-corrected chi connectivity index (χ3v) is 3.31. The van der Waals surface area contributed by atoms with Gasteiger partial charge in [-0.25, -0.2) is 0 Å². The molecule has 0 spiro atoms. The van der Waals surface area contributed by atoms with Crippen LogP contribution >= 0.6 is 0 Å². The van der Waals surface area contributed by atoms with Gasteiger partial charge < -0.3 is 9.47 Å². The largest absolute Gasteiger partial charge is 0.352 e. The molecule has 2 heteroatoms. The lowest BCUT2D eigenvalue weighted by atomic mass is 9.93. The molecule has 2 nitrogen and oxygen atoms in total. The smallest absolute Gasteiger partial charge is 0.164 e. The van der Waals surface area contributed by atoms with Crippen molar-refractivity contribution in [2.24, 2.45) is 5.92 Å². The molecule has 16 heavy (non-hydrogen) atoms. The number of hydrogen-bond donors (Lipinski definition) is 0. The highest BCUT2D eigenvalue weighted by atomic mass is 16.7. The molecular formula is C14H16O2. The molecule has 2 aliphatic heterocycles. The normalized spacial score (nSPS) is 31.6. The Morgan fingerprint density at radius 3 is 2.88 bits per heavy atom. The Labute approximate surface area is 95.9 Å². The van der Waals surface area contributed by atoms with Crippen LogP contribution in [-0.2, 0) is 9.47 Å². The minimum Gasteiger partial charge on any atom is -0.352 e. The Kier molecular flexibility index (Phi) is 2.77. The molecule has 2 unspecified atom stereocenters. The van der Waals surface area contributed by atoms with E-state index in [1.165, 1.54) is 17.6 Å². The van der Waals surface area contributed by atoms with Gasteiger partial charge in [-0.1, -0.05) is 36.4 Å². The molecule has 0 bridgehead atoms. The molecule has 0 saturated carbocycles. The Morgan fingerprint density at radius 2 is 2.00 bits per heavy atom. The van der Waals surface area contributed by atoms with Crippen molar-refractivity contribution < 1.29 is 9.47 Å². The van der Waals surface area contributed by atoms with Gasteiger partial charge in [-0.3, -0.25) is 0 Å². The molecular weight excluding hydrogens is 200 g/mol. The lowest BCUT2D eigenvalue weighted by Gasteiger charge is -2.24. The molecule has 0 aromatic heterocycles. The van der Waals surface area contributed by atoms with Gasteiger partial charge in [-0.15, -0.1) is 0 Å². The van der Waals surface area contributed by atoms with Gasteiger partial charge in [0.05, 0.1) is 6.61 Å². The molecule has 0 radical (unpaired) electrons. The lowest BCUT2D eigenvalue weighted by molar-refractivity contribution is -0.150. The maximum Gasteiger partial charge on any atom is 0.164 e. The van der Waals surface area contributed by atoms with Crippen LogP contribution in [0.3, 0.4) is 0 Å². The van der Waals surface area contributed by atoms with E-state index in [4.69, 9.17) is 9.47 Å². The molecule has 2 heterocycles. The average molecular weight is 216 g/mol. The van der Waals surface area contributed by atoms with E-state index in [0.717, 1.165) is 19.6 Å². The summed E-state index contributed by atoms with van der Waals surface area (Å²) in [5, 5.41) is 0. The molecule has 2 fully saturated rings. The van der Waals surface area contributed by atoms with Gasteiger partial charge in [0.15, 0.2) is 6.29 Å². The molecule has 84 valence electrons. The number of ether oxygens (including phenoxy) is 2. The SMILES string of the molecule is C(=C1/COC2OCCCC12)/c1ccccc1. The first-order valence-corrected chi connectivity index (χ1v) is 5.92. The highest BCUT2D eigenvalue weighted by Gasteiger charge is 2.35. The van der Waals surface area contributed by atoms with Crippen LogP contribution in [0.2, 0.25) is 0 Å². The second kappa shape index (κ2) is 4.40. The molecule has 1 aromatic carbocycles. The monoisotopic (exact) mass is 216 g/mol. The maximum atomic E-state index is 5.65. The van der Waals surface area contributed by atoms with E-state index in [1.54, 1.807) is 0 Å². The van der Waals surface area contributed by atoms with Gasteiger partial charge in [0, 0.05) is 12.5 Å². The standard InChI is InChI=1S/C14H16O2/c1-2-5-11(6-3-1)9-12-10-16-14-13(12)7-4-8-15-14/h1-3,5-6,9,13-14H,4,7-8,10H2/b12-9+. The summed E-state index contributed by atoms with van der Waals surface area (Å²) in [6, 6.07) is 10.4. The minimum atomic E-state index is 0.0173. The van der Waals surface area contributed by atoms with Gasteiger partial charge in [-0.05, 0) is 24.0 Å². The van der Waals surface area contributed by atoms with Crippen LogP contribution in [0.1, 0.15) is 18.4 Å². The first kappa shape index (κ1) is 10.1. The fourth-order valence-corrected chi connectivity index (χ4v) is 2.48. The van der Waals surface area contributed by atoms with Crippen molar-refractivity contribution in [2.45, 2.75) is 19.1 Å². The average Bonchev–Trinajstić information content (AvgIpc) is 2.74. The van der Waals surface area contributed by atoms with E-state index in [1.807, 2.05) is 6.07 Å². The zero-order valence-corrected chi connectivity index (χ0v) is 9.26. The number of benzene rings is 1. The Balaban J connectivity index is 1.82. The van der Waals surface area contributed by atoms with Crippen molar-refractivity contribution >= 4 is 6.08 Å². The fraction of sp³-hybridized carbons (Fsp3) is 0.429. The summed E-state index contributed by atoms with van der Waals surface area (Å²) in [6.45, 7) is 1.57. The molecule has 0 N–H and O–H groups in total. The van der Waals surface area contributed by atoms with Crippen molar-refractivity contribution in [1.82, 2.24) is 0 Å². The number of hydrogen-bond acceptors (Lipinski definition) is 2. The third kappa shape index (κ3) is 1.91. The zero-order valence-electron chi connectivity index (χ0n) is 9.26. The van der Waals surface area contributed by atoms with E-state index < -0.39 is 0 Å². The summed E-state index contributed by atoms with van der Waals surface area (Å²) in [6.07, 6.45) is 4.61. The summed E-state index contributed by atoms with van der Waals surface area (Å²) in [7, 11) is 0. The van der Waals surface area contributed by atoms with Crippen molar-refractivity contribution in [3.63, 3.8) is 0 Å². The second-order valence-electron chi connectivity index (χ2n) is 4.43. The third-order valence-electron chi connectivity index (χ3n) is 3.31. The maximum absolute atomic E-state index is 5.65. The van der Waals surface area contributed by atoms with E-state index in [-0.39, 0.29) is 6.29 Å². The Morgan fingerprint density at radius 1 is 1.12 bits per heavy atom. The van der Waals surface area contributed by atoms with E-state index in [2.05, 4.69) is 30.3 Å². The molecule has 0 aliphatic carbocycles. The van der Waals surface area contributed by atoms with Crippen molar-refractivity contribution in [3.8, 4) is 0 Å². The second-order valence-corrected chi connectivity index (χ2v) is 4.43. The lowest BCUT2D eigenvalue weighted by Crippen LogP contribution is -2.26. The molecule has 3 rings (SSSR count). The predicted octanol–water partition coefficient (Wildman–Crippen LogP) is 2.85. The van der Waals surface area contributed by atoms with Crippen LogP contribution in [0.4, 0.5) is 0 Å². The summed E-state index contributed by atoms with van der Waals surface area (Å²) in [4.78, 5) is 0.